The van der Waals surface area contributed by atoms with Gasteiger partial charge in [0.25, 0.3) is 5.69 Å². The fraction of sp³-hybridized carbons (Fsp3) is 0.333. The molecule has 0 aliphatic carbocycles. The average Bonchev–Trinajstić information content (AvgIpc) is 2.26. The lowest BCUT2D eigenvalue weighted by Crippen LogP contribution is -2.11. The maximum atomic E-state index is 11.2. The third kappa shape index (κ3) is 4.52. The number of hydrogen-bond acceptors (Lipinski definition) is 6. The van der Waals surface area contributed by atoms with Crippen molar-refractivity contribution < 1.29 is 23.4 Å². The Morgan fingerprint density at radius 3 is 2.41 bits per heavy atom. The summed E-state index contributed by atoms with van der Waals surface area (Å²) in [5, 5.41) is 10.4. The number of rotatable bonds is 6. The summed E-state index contributed by atoms with van der Waals surface area (Å²) in [6, 6.07) is 4.68. The maximum absolute atomic E-state index is 11.2. The third-order valence-electron chi connectivity index (χ3n) is 1.72. The topological polar surface area (TPSA) is 102 Å². The van der Waals surface area contributed by atoms with Gasteiger partial charge in [0.05, 0.1) is 11.5 Å². The fourth-order valence-electron chi connectivity index (χ4n) is 0.987. The van der Waals surface area contributed by atoms with Gasteiger partial charge in [0.2, 0.25) is 0 Å². The Bertz CT molecular complexity index is 432. The molecule has 0 radical (unpaired) electrons. The molecule has 0 N–H and O–H groups in total. The molecule has 0 saturated heterocycles. The number of benzene rings is 1. The van der Waals surface area contributed by atoms with E-state index in [1.54, 1.807) is 6.92 Å². The second-order valence-electron chi connectivity index (χ2n) is 3.12. The van der Waals surface area contributed by atoms with Gasteiger partial charge in [0.1, 0.15) is 5.75 Å². The first-order valence-electron chi connectivity index (χ1n) is 4.84. The van der Waals surface area contributed by atoms with Crippen molar-refractivity contribution >= 4 is 13.5 Å². The molecule has 0 aromatic heterocycles. The molecule has 94 valence electrons. The van der Waals surface area contributed by atoms with Crippen LogP contribution in [0.1, 0.15) is 13.3 Å². The SMILES string of the molecule is CCCOP(=O)([O-])Oc1ccc([N+](=O)[O-])cc1. The summed E-state index contributed by atoms with van der Waals surface area (Å²) >= 11 is 0. The van der Waals surface area contributed by atoms with E-state index in [2.05, 4.69) is 9.05 Å². The van der Waals surface area contributed by atoms with Crippen molar-refractivity contribution in [2.24, 2.45) is 0 Å². The lowest BCUT2D eigenvalue weighted by atomic mass is 10.3. The molecule has 1 aromatic carbocycles. The molecule has 17 heavy (non-hydrogen) atoms. The smallest absolute Gasteiger partial charge is 0.319 e. The van der Waals surface area contributed by atoms with Gasteiger partial charge in [-0.05, 0) is 18.6 Å². The Balaban J connectivity index is 2.68. The van der Waals surface area contributed by atoms with Crippen molar-refractivity contribution in [2.45, 2.75) is 13.3 Å². The van der Waals surface area contributed by atoms with Crippen LogP contribution in [0.2, 0.25) is 0 Å². The van der Waals surface area contributed by atoms with Crippen LogP contribution in [0, 0.1) is 10.1 Å². The van der Waals surface area contributed by atoms with Crippen molar-refractivity contribution in [3.05, 3.63) is 34.4 Å². The minimum Gasteiger partial charge on any atom is -0.746 e. The summed E-state index contributed by atoms with van der Waals surface area (Å²) in [5.41, 5.74) is -0.146. The van der Waals surface area contributed by atoms with E-state index in [0.29, 0.717) is 6.42 Å². The zero-order valence-electron chi connectivity index (χ0n) is 9.07. The average molecular weight is 260 g/mol. The van der Waals surface area contributed by atoms with Crippen LogP contribution in [-0.2, 0) is 9.09 Å². The van der Waals surface area contributed by atoms with Crippen LogP contribution in [0.25, 0.3) is 0 Å². The van der Waals surface area contributed by atoms with Gasteiger partial charge in [0, 0.05) is 12.1 Å². The van der Waals surface area contributed by atoms with Crippen molar-refractivity contribution in [2.75, 3.05) is 6.61 Å². The molecule has 0 aliphatic rings. The highest BCUT2D eigenvalue weighted by Gasteiger charge is 2.12. The molecule has 0 spiro atoms. The van der Waals surface area contributed by atoms with Crippen LogP contribution in [0.4, 0.5) is 5.69 Å². The highest BCUT2D eigenvalue weighted by molar-refractivity contribution is 7.46. The molecule has 1 rings (SSSR count). The molecule has 0 heterocycles. The fourth-order valence-corrected chi connectivity index (χ4v) is 1.83. The Labute approximate surface area is 97.8 Å². The van der Waals surface area contributed by atoms with Crippen LogP contribution in [0.5, 0.6) is 5.75 Å². The van der Waals surface area contributed by atoms with E-state index in [9.17, 15) is 19.6 Å². The molecule has 0 aliphatic heterocycles. The molecule has 7 nitrogen and oxygen atoms in total. The van der Waals surface area contributed by atoms with Gasteiger partial charge in [-0.1, -0.05) is 6.92 Å². The van der Waals surface area contributed by atoms with Crippen LogP contribution < -0.4 is 9.42 Å². The molecule has 0 saturated carbocycles. The van der Waals surface area contributed by atoms with E-state index in [4.69, 9.17) is 0 Å². The lowest BCUT2D eigenvalue weighted by molar-refractivity contribution is -0.384. The van der Waals surface area contributed by atoms with Crippen LogP contribution in [0.15, 0.2) is 24.3 Å². The van der Waals surface area contributed by atoms with E-state index >= 15 is 0 Å². The molecular weight excluding hydrogens is 249 g/mol. The first-order chi connectivity index (χ1) is 7.94. The van der Waals surface area contributed by atoms with Gasteiger partial charge in [-0.15, -0.1) is 0 Å². The molecule has 0 amide bonds. The third-order valence-corrected chi connectivity index (χ3v) is 2.65. The molecule has 1 aromatic rings. The van der Waals surface area contributed by atoms with Crippen LogP contribution in [0.3, 0.4) is 0 Å². The number of phosphoric acid groups is 1. The molecule has 0 bridgehead atoms. The van der Waals surface area contributed by atoms with E-state index in [1.807, 2.05) is 0 Å². The van der Waals surface area contributed by atoms with E-state index in [1.165, 1.54) is 12.1 Å². The summed E-state index contributed by atoms with van der Waals surface area (Å²) in [4.78, 5) is 21.0. The largest absolute Gasteiger partial charge is 0.746 e. The van der Waals surface area contributed by atoms with Crippen molar-refractivity contribution in [1.29, 1.82) is 0 Å². The van der Waals surface area contributed by atoms with E-state index in [0.717, 1.165) is 12.1 Å². The van der Waals surface area contributed by atoms with Crippen molar-refractivity contribution in [3.8, 4) is 5.75 Å². The Hall–Kier alpha value is -1.43. The van der Waals surface area contributed by atoms with Gasteiger partial charge < -0.3 is 13.9 Å². The van der Waals surface area contributed by atoms with E-state index in [-0.39, 0.29) is 18.0 Å². The number of nitrogens with zero attached hydrogens (tertiary/aromatic N) is 1. The van der Waals surface area contributed by atoms with Gasteiger partial charge in [-0.3, -0.25) is 14.7 Å². The molecule has 1 atom stereocenters. The number of phosphoric ester groups is 1. The van der Waals surface area contributed by atoms with Gasteiger partial charge in [0.15, 0.2) is 0 Å². The summed E-state index contributed by atoms with van der Waals surface area (Å²) in [7, 11) is -4.39. The van der Waals surface area contributed by atoms with Crippen LogP contribution in [-0.4, -0.2) is 11.5 Å². The second kappa shape index (κ2) is 5.77. The highest BCUT2D eigenvalue weighted by atomic mass is 31.2. The summed E-state index contributed by atoms with van der Waals surface area (Å²) in [6.07, 6.45) is 0.538. The normalized spacial score (nSPS) is 14.0. The predicted molar refractivity (Wildman–Crippen MR) is 57.6 cm³/mol. The predicted octanol–water partition coefficient (Wildman–Crippen LogP) is 1.87. The molecule has 0 fully saturated rings. The first kappa shape index (κ1) is 13.6. The molecule has 1 unspecified atom stereocenters. The van der Waals surface area contributed by atoms with Crippen LogP contribution >= 0.6 is 7.82 Å². The summed E-state index contributed by atoms with van der Waals surface area (Å²) in [6.45, 7) is 1.79. The van der Waals surface area contributed by atoms with Gasteiger partial charge in [-0.25, -0.2) is 0 Å². The Morgan fingerprint density at radius 2 is 1.94 bits per heavy atom. The first-order valence-corrected chi connectivity index (χ1v) is 6.30. The minimum absolute atomic E-state index is 0.0231. The number of non-ortho nitro benzene ring substituents is 1. The Morgan fingerprint density at radius 1 is 1.35 bits per heavy atom. The quantitative estimate of drug-likeness (QED) is 0.439. The second-order valence-corrected chi connectivity index (χ2v) is 4.46. The standard InChI is InChI=1S/C9H12NO6P/c1-2-7-15-17(13,14)16-9-5-3-8(4-6-9)10(11)12/h3-6H,2,7H2,1H3,(H,13,14)/p-1. The lowest BCUT2D eigenvalue weighted by Gasteiger charge is -2.22. The van der Waals surface area contributed by atoms with Crippen molar-refractivity contribution in [1.82, 2.24) is 0 Å². The summed E-state index contributed by atoms with van der Waals surface area (Å²) < 4.78 is 20.3. The minimum atomic E-state index is -4.39. The number of hydrogen-bond donors (Lipinski definition) is 0. The molecule has 8 heteroatoms. The zero-order chi connectivity index (χ0) is 12.9. The van der Waals surface area contributed by atoms with Gasteiger partial charge in [-0.2, -0.15) is 0 Å². The monoisotopic (exact) mass is 260 g/mol. The summed E-state index contributed by atoms with van der Waals surface area (Å²) in [5.74, 6) is -0.0231. The zero-order valence-corrected chi connectivity index (χ0v) is 9.96. The van der Waals surface area contributed by atoms with Crippen molar-refractivity contribution in [3.63, 3.8) is 0 Å². The number of nitro benzene ring substituents is 1. The van der Waals surface area contributed by atoms with Gasteiger partial charge >= 0.3 is 7.82 Å². The highest BCUT2D eigenvalue weighted by Crippen LogP contribution is 2.39. The Kier molecular flexibility index (Phi) is 4.62. The van der Waals surface area contributed by atoms with E-state index < -0.39 is 12.7 Å². The number of nitro groups is 1. The molecular formula is C9H11NO6P-. The maximum Gasteiger partial charge on any atom is 0.319 e.